The lowest BCUT2D eigenvalue weighted by molar-refractivity contribution is -0.131. The topological polar surface area (TPSA) is 82.1 Å². The Morgan fingerprint density at radius 3 is 2.52 bits per heavy atom. The number of benzene rings is 1. The maximum absolute atomic E-state index is 12.7. The van der Waals surface area contributed by atoms with Crippen molar-refractivity contribution in [2.24, 2.45) is 14.1 Å². The van der Waals surface area contributed by atoms with Crippen LogP contribution in [0.2, 0.25) is 0 Å². The van der Waals surface area contributed by atoms with Crippen LogP contribution >= 0.6 is 0 Å². The van der Waals surface area contributed by atoms with Gasteiger partial charge in [-0.1, -0.05) is 30.3 Å². The fourth-order valence-corrected chi connectivity index (χ4v) is 3.14. The van der Waals surface area contributed by atoms with Crippen LogP contribution in [0.1, 0.15) is 12.5 Å². The number of aryl methyl sites for hydroxylation is 2. The van der Waals surface area contributed by atoms with Crippen LogP contribution in [-0.2, 0) is 31.9 Å². The van der Waals surface area contributed by atoms with E-state index in [9.17, 15) is 14.4 Å². The third kappa shape index (κ3) is 3.55. The maximum atomic E-state index is 12.7. The van der Waals surface area contributed by atoms with E-state index in [4.69, 9.17) is 0 Å². The quantitative estimate of drug-likeness (QED) is 0.634. The number of fused-ring (bicyclic) bond motifs is 1. The van der Waals surface area contributed by atoms with Gasteiger partial charge in [-0.15, -0.1) is 0 Å². The van der Waals surface area contributed by atoms with Gasteiger partial charge in [0.1, 0.15) is 6.54 Å². The van der Waals surface area contributed by atoms with Gasteiger partial charge in [-0.25, -0.2) is 14.3 Å². The Kier molecular flexibility index (Phi) is 5.25. The van der Waals surface area contributed by atoms with Crippen molar-refractivity contribution in [1.82, 2.24) is 23.6 Å². The molecule has 0 aliphatic carbocycles. The van der Waals surface area contributed by atoms with Crippen molar-refractivity contribution in [3.05, 3.63) is 63.1 Å². The number of likely N-dealkylation sites (N-methyl/N-ethyl adjacent to an activating group) is 1. The van der Waals surface area contributed by atoms with E-state index >= 15 is 0 Å². The van der Waals surface area contributed by atoms with Crippen molar-refractivity contribution in [2.45, 2.75) is 19.9 Å². The van der Waals surface area contributed by atoms with E-state index in [-0.39, 0.29) is 12.5 Å². The zero-order valence-electron chi connectivity index (χ0n) is 15.8. The van der Waals surface area contributed by atoms with Gasteiger partial charge in [-0.3, -0.25) is 14.2 Å². The van der Waals surface area contributed by atoms with Crippen LogP contribution in [0.3, 0.4) is 0 Å². The van der Waals surface area contributed by atoms with Crippen molar-refractivity contribution < 1.29 is 4.79 Å². The molecule has 0 bridgehead atoms. The average Bonchev–Trinajstić information content (AvgIpc) is 3.06. The molecule has 2 heterocycles. The summed E-state index contributed by atoms with van der Waals surface area (Å²) in [5, 5.41) is 0. The molecule has 3 rings (SSSR count). The van der Waals surface area contributed by atoms with E-state index < -0.39 is 11.2 Å². The largest absolute Gasteiger partial charge is 0.341 e. The molecular weight excluding hydrogens is 346 g/mol. The van der Waals surface area contributed by atoms with Crippen LogP contribution in [0.4, 0.5) is 0 Å². The molecule has 27 heavy (non-hydrogen) atoms. The summed E-state index contributed by atoms with van der Waals surface area (Å²) in [4.78, 5) is 43.8. The lowest BCUT2D eigenvalue weighted by Gasteiger charge is -2.21. The summed E-state index contributed by atoms with van der Waals surface area (Å²) in [6.45, 7) is 2.64. The highest BCUT2D eigenvalue weighted by molar-refractivity contribution is 5.76. The summed E-state index contributed by atoms with van der Waals surface area (Å²) < 4.78 is 3.84. The van der Waals surface area contributed by atoms with Crippen LogP contribution in [0, 0.1) is 0 Å². The first-order chi connectivity index (χ1) is 12.9. The minimum atomic E-state index is -0.543. The smallest absolute Gasteiger partial charge is 0.332 e. The molecule has 0 aliphatic heterocycles. The molecule has 2 aromatic heterocycles. The first-order valence-electron chi connectivity index (χ1n) is 8.86. The van der Waals surface area contributed by atoms with E-state index in [1.54, 1.807) is 23.6 Å². The van der Waals surface area contributed by atoms with E-state index in [2.05, 4.69) is 4.98 Å². The zero-order valence-corrected chi connectivity index (χ0v) is 15.8. The Labute approximate surface area is 156 Å². The van der Waals surface area contributed by atoms with Crippen molar-refractivity contribution in [2.75, 3.05) is 13.1 Å². The van der Waals surface area contributed by atoms with Crippen molar-refractivity contribution in [3.63, 3.8) is 0 Å². The number of imidazole rings is 1. The minimum absolute atomic E-state index is 0.255. The van der Waals surface area contributed by atoms with E-state index in [1.807, 2.05) is 37.3 Å². The molecule has 0 aliphatic rings. The Hall–Kier alpha value is -3.16. The Bertz CT molecular complexity index is 1080. The molecule has 0 fully saturated rings. The highest BCUT2D eigenvalue weighted by Gasteiger charge is 2.19. The fraction of sp³-hybridized carbons (Fsp3) is 0.368. The van der Waals surface area contributed by atoms with Gasteiger partial charge in [0.15, 0.2) is 11.2 Å². The van der Waals surface area contributed by atoms with E-state index in [0.717, 1.165) is 10.1 Å². The third-order valence-electron chi connectivity index (χ3n) is 4.74. The molecule has 0 saturated carbocycles. The van der Waals surface area contributed by atoms with Crippen LogP contribution < -0.4 is 11.2 Å². The second-order valence-electron chi connectivity index (χ2n) is 6.47. The Balaban J connectivity index is 1.85. The number of hydrogen-bond donors (Lipinski definition) is 0. The number of aromatic nitrogens is 4. The minimum Gasteiger partial charge on any atom is -0.341 e. The highest BCUT2D eigenvalue weighted by atomic mass is 16.2. The number of hydrogen-bond acceptors (Lipinski definition) is 4. The number of rotatable bonds is 6. The normalized spacial score (nSPS) is 11.1. The molecule has 0 N–H and O–H groups in total. The predicted octanol–water partition coefficient (Wildman–Crippen LogP) is 0.525. The molecular formula is C19H23N5O3. The van der Waals surface area contributed by atoms with Gasteiger partial charge in [0.05, 0.1) is 6.33 Å². The van der Waals surface area contributed by atoms with Crippen LogP contribution in [0.25, 0.3) is 11.2 Å². The number of nitrogens with zero attached hydrogens (tertiary/aromatic N) is 5. The summed E-state index contributed by atoms with van der Waals surface area (Å²) in [6.07, 6.45) is 2.20. The molecule has 0 unspecified atom stereocenters. The summed E-state index contributed by atoms with van der Waals surface area (Å²) in [6, 6.07) is 9.88. The summed E-state index contributed by atoms with van der Waals surface area (Å²) in [7, 11) is 3.23. The van der Waals surface area contributed by atoms with Gasteiger partial charge >= 0.3 is 5.69 Å². The highest BCUT2D eigenvalue weighted by Crippen LogP contribution is 2.04. The predicted molar refractivity (Wildman–Crippen MR) is 103 cm³/mol. The first-order valence-corrected chi connectivity index (χ1v) is 8.86. The molecule has 0 spiro atoms. The number of carbonyl (C=O) groups is 1. The van der Waals surface area contributed by atoms with E-state index in [1.165, 1.54) is 10.9 Å². The first kappa shape index (κ1) is 18.6. The second-order valence-corrected chi connectivity index (χ2v) is 6.47. The molecule has 8 heteroatoms. The van der Waals surface area contributed by atoms with Crippen molar-refractivity contribution in [1.29, 1.82) is 0 Å². The van der Waals surface area contributed by atoms with Gasteiger partial charge in [-0.05, 0) is 18.9 Å². The SMILES string of the molecule is CCN(CCc1ccccc1)C(=O)Cn1c(=O)c2c(ncn2C)n(C)c1=O. The molecule has 0 atom stereocenters. The lowest BCUT2D eigenvalue weighted by Crippen LogP contribution is -2.45. The molecule has 3 aromatic rings. The van der Waals surface area contributed by atoms with Gasteiger partial charge in [0, 0.05) is 27.2 Å². The lowest BCUT2D eigenvalue weighted by atomic mass is 10.1. The molecule has 142 valence electrons. The van der Waals surface area contributed by atoms with Gasteiger partial charge in [0.25, 0.3) is 5.56 Å². The monoisotopic (exact) mass is 369 g/mol. The van der Waals surface area contributed by atoms with E-state index in [0.29, 0.717) is 30.7 Å². The Morgan fingerprint density at radius 2 is 1.85 bits per heavy atom. The second kappa shape index (κ2) is 7.61. The van der Waals surface area contributed by atoms with Crippen LogP contribution in [0.5, 0.6) is 0 Å². The molecule has 8 nitrogen and oxygen atoms in total. The van der Waals surface area contributed by atoms with Gasteiger partial charge in [-0.2, -0.15) is 0 Å². The zero-order chi connectivity index (χ0) is 19.6. The molecule has 1 amide bonds. The van der Waals surface area contributed by atoms with Crippen LogP contribution in [-0.4, -0.2) is 42.6 Å². The molecule has 0 saturated heterocycles. The van der Waals surface area contributed by atoms with Crippen molar-refractivity contribution in [3.8, 4) is 0 Å². The molecule has 1 aromatic carbocycles. The van der Waals surface area contributed by atoms with Gasteiger partial charge in [0.2, 0.25) is 5.91 Å². The number of amides is 1. The summed E-state index contributed by atoms with van der Waals surface area (Å²) in [5.41, 5.74) is 0.706. The number of carbonyl (C=O) groups excluding carboxylic acids is 1. The Morgan fingerprint density at radius 1 is 1.15 bits per heavy atom. The standard InChI is InChI=1S/C19H23N5O3/c1-4-23(11-10-14-8-6-5-7-9-14)15(25)12-24-18(26)16-17(20-13-21(16)2)22(3)19(24)27/h5-9,13H,4,10-12H2,1-3H3. The average molecular weight is 369 g/mol. The maximum Gasteiger partial charge on any atom is 0.332 e. The van der Waals surface area contributed by atoms with Gasteiger partial charge < -0.3 is 9.47 Å². The van der Waals surface area contributed by atoms with Crippen molar-refractivity contribution >= 4 is 17.1 Å². The fourth-order valence-electron chi connectivity index (χ4n) is 3.14. The third-order valence-corrected chi connectivity index (χ3v) is 4.74. The van der Waals surface area contributed by atoms with Crippen LogP contribution in [0.15, 0.2) is 46.2 Å². The summed E-state index contributed by atoms with van der Waals surface area (Å²) in [5.74, 6) is -0.255. The molecule has 0 radical (unpaired) electrons. The summed E-state index contributed by atoms with van der Waals surface area (Å²) >= 11 is 0.